The average molecular weight is 225 g/mol. The third-order valence-electron chi connectivity index (χ3n) is 2.85. The van der Waals surface area contributed by atoms with E-state index in [1.165, 1.54) is 7.11 Å². The molecular formula is C11H19N3O2. The van der Waals surface area contributed by atoms with E-state index in [0.29, 0.717) is 13.1 Å². The van der Waals surface area contributed by atoms with Crippen molar-refractivity contribution in [2.75, 3.05) is 33.3 Å². The van der Waals surface area contributed by atoms with E-state index in [9.17, 15) is 4.79 Å². The van der Waals surface area contributed by atoms with Crippen molar-refractivity contribution in [1.29, 1.82) is 5.26 Å². The van der Waals surface area contributed by atoms with Crippen molar-refractivity contribution in [2.24, 2.45) is 5.92 Å². The lowest BCUT2D eigenvalue weighted by Crippen LogP contribution is -2.51. The molecule has 1 aliphatic heterocycles. The molecular weight excluding hydrogens is 206 g/mol. The van der Waals surface area contributed by atoms with Crippen molar-refractivity contribution in [3.63, 3.8) is 0 Å². The molecule has 1 saturated heterocycles. The number of ether oxygens (including phenoxy) is 1. The highest BCUT2D eigenvalue weighted by Crippen LogP contribution is 2.17. The van der Waals surface area contributed by atoms with Gasteiger partial charge in [0.05, 0.1) is 25.6 Å². The molecule has 0 aromatic heterocycles. The molecule has 0 aliphatic carbocycles. The second-order valence-electron chi connectivity index (χ2n) is 4.06. The predicted molar refractivity (Wildman–Crippen MR) is 59.6 cm³/mol. The zero-order valence-electron chi connectivity index (χ0n) is 9.90. The first-order chi connectivity index (χ1) is 7.71. The summed E-state index contributed by atoms with van der Waals surface area (Å²) in [5.74, 6) is -0.290. The van der Waals surface area contributed by atoms with Gasteiger partial charge in [-0.15, -0.1) is 0 Å². The SMILES string of the molecule is CCNC1CC(C(=O)OC)CN(CC#N)C1. The molecule has 2 atom stereocenters. The van der Waals surface area contributed by atoms with Gasteiger partial charge in [-0.1, -0.05) is 6.92 Å². The first-order valence-corrected chi connectivity index (χ1v) is 5.61. The van der Waals surface area contributed by atoms with E-state index in [1.54, 1.807) is 0 Å². The molecule has 2 unspecified atom stereocenters. The Hall–Kier alpha value is -1.12. The molecule has 0 radical (unpaired) electrons. The van der Waals surface area contributed by atoms with Crippen LogP contribution in [0.4, 0.5) is 0 Å². The van der Waals surface area contributed by atoms with Gasteiger partial charge in [0, 0.05) is 19.1 Å². The average Bonchev–Trinajstić information content (AvgIpc) is 2.28. The van der Waals surface area contributed by atoms with Crippen molar-refractivity contribution in [2.45, 2.75) is 19.4 Å². The summed E-state index contributed by atoms with van der Waals surface area (Å²) < 4.78 is 4.77. The van der Waals surface area contributed by atoms with Crippen LogP contribution in [-0.4, -0.2) is 50.2 Å². The number of carbonyl (C=O) groups is 1. The number of likely N-dealkylation sites (tertiary alicyclic amines) is 1. The lowest BCUT2D eigenvalue weighted by Gasteiger charge is -2.35. The molecule has 1 heterocycles. The Balaban J connectivity index is 2.59. The van der Waals surface area contributed by atoms with Crippen molar-refractivity contribution in [1.82, 2.24) is 10.2 Å². The molecule has 0 aromatic carbocycles. The quantitative estimate of drug-likeness (QED) is 0.538. The minimum atomic E-state index is -0.175. The number of esters is 1. The monoisotopic (exact) mass is 225 g/mol. The van der Waals surface area contributed by atoms with Gasteiger partial charge in [0.15, 0.2) is 0 Å². The number of nitriles is 1. The third-order valence-corrected chi connectivity index (χ3v) is 2.85. The van der Waals surface area contributed by atoms with Crippen LogP contribution in [0.15, 0.2) is 0 Å². The van der Waals surface area contributed by atoms with Gasteiger partial charge in [-0.25, -0.2) is 0 Å². The number of hydrogen-bond acceptors (Lipinski definition) is 5. The van der Waals surface area contributed by atoms with Gasteiger partial charge in [0.2, 0.25) is 0 Å². The minimum absolute atomic E-state index is 0.115. The maximum absolute atomic E-state index is 11.5. The van der Waals surface area contributed by atoms with Gasteiger partial charge < -0.3 is 10.1 Å². The standard InChI is InChI=1S/C11H19N3O2/c1-3-13-10-6-9(11(15)16-2)7-14(8-10)5-4-12/h9-10,13H,3,5-8H2,1-2H3. The summed E-state index contributed by atoms with van der Waals surface area (Å²) in [6.45, 7) is 4.74. The predicted octanol–water partition coefficient (Wildman–Crippen LogP) is -0.0170. The summed E-state index contributed by atoms with van der Waals surface area (Å²) in [6.07, 6.45) is 0.794. The number of hydrogen-bond donors (Lipinski definition) is 1. The van der Waals surface area contributed by atoms with Gasteiger partial charge in [-0.3, -0.25) is 9.69 Å². The molecule has 90 valence electrons. The highest BCUT2D eigenvalue weighted by Gasteiger charge is 2.31. The van der Waals surface area contributed by atoms with Gasteiger partial charge in [-0.05, 0) is 13.0 Å². The van der Waals surface area contributed by atoms with Gasteiger partial charge in [0.25, 0.3) is 0 Å². The first-order valence-electron chi connectivity index (χ1n) is 5.61. The molecule has 5 heteroatoms. The van der Waals surface area contributed by atoms with Crippen LogP contribution < -0.4 is 5.32 Å². The largest absolute Gasteiger partial charge is 0.469 e. The first kappa shape index (κ1) is 12.9. The number of rotatable bonds is 4. The van der Waals surface area contributed by atoms with E-state index in [2.05, 4.69) is 11.4 Å². The second-order valence-corrected chi connectivity index (χ2v) is 4.06. The lowest BCUT2D eigenvalue weighted by atomic mass is 9.94. The summed E-state index contributed by atoms with van der Waals surface area (Å²) in [5.41, 5.74) is 0. The Kier molecular flexibility index (Phi) is 5.23. The molecule has 0 amide bonds. The maximum atomic E-state index is 11.5. The van der Waals surface area contributed by atoms with E-state index in [-0.39, 0.29) is 17.9 Å². The zero-order valence-corrected chi connectivity index (χ0v) is 9.90. The molecule has 1 fully saturated rings. The lowest BCUT2D eigenvalue weighted by molar-refractivity contribution is -0.147. The van der Waals surface area contributed by atoms with Crippen LogP contribution in [0.5, 0.6) is 0 Å². The Bertz CT molecular complexity index is 275. The van der Waals surface area contributed by atoms with Crippen LogP contribution in [0.25, 0.3) is 0 Å². The molecule has 1 aliphatic rings. The van der Waals surface area contributed by atoms with E-state index < -0.39 is 0 Å². The Morgan fingerprint density at radius 1 is 1.62 bits per heavy atom. The molecule has 0 bridgehead atoms. The zero-order chi connectivity index (χ0) is 12.0. The molecule has 5 nitrogen and oxygen atoms in total. The van der Waals surface area contributed by atoms with Crippen LogP contribution in [0, 0.1) is 17.2 Å². The Morgan fingerprint density at radius 3 is 2.94 bits per heavy atom. The molecule has 0 spiro atoms. The number of likely N-dealkylation sites (N-methyl/N-ethyl adjacent to an activating group) is 1. The molecule has 1 rings (SSSR count). The van der Waals surface area contributed by atoms with Crippen LogP contribution >= 0.6 is 0 Å². The summed E-state index contributed by atoms with van der Waals surface area (Å²) in [4.78, 5) is 13.5. The second kappa shape index (κ2) is 6.46. The van der Waals surface area contributed by atoms with Crippen molar-refractivity contribution in [3.05, 3.63) is 0 Å². The van der Waals surface area contributed by atoms with Gasteiger partial charge in [0.1, 0.15) is 0 Å². The molecule has 0 aromatic rings. The number of piperidine rings is 1. The van der Waals surface area contributed by atoms with Gasteiger partial charge >= 0.3 is 5.97 Å². The Labute approximate surface area is 96.4 Å². The number of nitrogens with zero attached hydrogens (tertiary/aromatic N) is 2. The van der Waals surface area contributed by atoms with Gasteiger partial charge in [-0.2, -0.15) is 5.26 Å². The van der Waals surface area contributed by atoms with Crippen molar-refractivity contribution >= 4 is 5.97 Å². The third kappa shape index (κ3) is 3.47. The topological polar surface area (TPSA) is 65.4 Å². The summed E-state index contributed by atoms with van der Waals surface area (Å²) in [7, 11) is 1.41. The molecule has 0 saturated carbocycles. The Morgan fingerprint density at radius 2 is 2.38 bits per heavy atom. The van der Waals surface area contributed by atoms with Crippen LogP contribution in [0.3, 0.4) is 0 Å². The van der Waals surface area contributed by atoms with E-state index in [1.807, 2.05) is 11.8 Å². The highest BCUT2D eigenvalue weighted by atomic mass is 16.5. The fraction of sp³-hybridized carbons (Fsp3) is 0.818. The fourth-order valence-corrected chi connectivity index (χ4v) is 2.19. The van der Waals surface area contributed by atoms with E-state index in [0.717, 1.165) is 19.5 Å². The smallest absolute Gasteiger partial charge is 0.310 e. The minimum Gasteiger partial charge on any atom is -0.469 e. The summed E-state index contributed by atoms with van der Waals surface area (Å²) in [5, 5.41) is 12.0. The summed E-state index contributed by atoms with van der Waals surface area (Å²) >= 11 is 0. The molecule has 1 N–H and O–H groups in total. The van der Waals surface area contributed by atoms with E-state index >= 15 is 0 Å². The van der Waals surface area contributed by atoms with Crippen LogP contribution in [0.1, 0.15) is 13.3 Å². The molecule has 16 heavy (non-hydrogen) atoms. The van der Waals surface area contributed by atoms with Crippen molar-refractivity contribution < 1.29 is 9.53 Å². The van der Waals surface area contributed by atoms with Crippen molar-refractivity contribution in [3.8, 4) is 6.07 Å². The number of nitrogens with one attached hydrogen (secondary N) is 1. The maximum Gasteiger partial charge on any atom is 0.310 e. The number of carbonyl (C=O) groups excluding carboxylic acids is 1. The fourth-order valence-electron chi connectivity index (χ4n) is 2.19. The van der Waals surface area contributed by atoms with Crippen LogP contribution in [0.2, 0.25) is 0 Å². The summed E-state index contributed by atoms with van der Waals surface area (Å²) in [6, 6.07) is 2.40. The normalized spacial score (nSPS) is 26.1. The van der Waals surface area contributed by atoms with E-state index in [4.69, 9.17) is 10.00 Å². The highest BCUT2D eigenvalue weighted by molar-refractivity contribution is 5.72. The number of methoxy groups -OCH3 is 1. The van der Waals surface area contributed by atoms with Crippen LogP contribution in [-0.2, 0) is 9.53 Å².